The Kier molecular flexibility index (Phi) is 7.94. The number of carbonyl (C=O) groups is 1. The molecule has 40 heavy (non-hydrogen) atoms. The van der Waals surface area contributed by atoms with Gasteiger partial charge in [0.15, 0.2) is 11.6 Å². The van der Waals surface area contributed by atoms with Crippen LogP contribution in [0.1, 0.15) is 6.92 Å². The van der Waals surface area contributed by atoms with Crippen molar-refractivity contribution < 1.29 is 18.7 Å². The Morgan fingerprint density at radius 3 is 2.67 bits per heavy atom. The third-order valence-corrected chi connectivity index (χ3v) is 6.64. The average molecular weight is 546 g/mol. The van der Waals surface area contributed by atoms with Gasteiger partial charge < -0.3 is 20.6 Å². The Morgan fingerprint density at radius 2 is 1.93 bits per heavy atom. The number of anilines is 4. The highest BCUT2D eigenvalue weighted by atomic mass is 19.2. The number of nitrogens with one attached hydrogen (secondary N) is 2. The van der Waals surface area contributed by atoms with Crippen LogP contribution in [0.2, 0.25) is 0 Å². The normalized spacial score (nSPS) is 14.7. The molecule has 4 aromatic rings. The number of hydrogen-bond acceptors (Lipinski definition) is 8. The summed E-state index contributed by atoms with van der Waals surface area (Å²) in [5.74, 6) is -2.22. The van der Waals surface area contributed by atoms with E-state index in [4.69, 9.17) is 0 Å². The number of carbonyl (C=O) groups excluding carboxylic acids is 1. The fraction of sp³-hybridized carbons (Fsp3) is 0.241. The Hall–Kier alpha value is -4.48. The van der Waals surface area contributed by atoms with E-state index in [9.17, 15) is 9.90 Å². The number of nitrogens with zero attached hydrogens (tertiary/aromatic N) is 5. The predicted octanol–water partition coefficient (Wildman–Crippen LogP) is 4.34. The van der Waals surface area contributed by atoms with E-state index in [-0.39, 0.29) is 23.2 Å². The first-order valence-electron chi connectivity index (χ1n) is 12.9. The maximum Gasteiger partial charge on any atom is 0.247 e. The largest absolute Gasteiger partial charge is 0.392 e. The number of rotatable bonds is 8. The van der Waals surface area contributed by atoms with Gasteiger partial charge in [-0.15, -0.1) is 0 Å². The van der Waals surface area contributed by atoms with Crippen LogP contribution in [-0.2, 0) is 4.79 Å². The summed E-state index contributed by atoms with van der Waals surface area (Å²) in [5, 5.41) is 15.8. The van der Waals surface area contributed by atoms with Gasteiger partial charge >= 0.3 is 0 Å². The number of para-hydroxylation sites is 1. The molecule has 206 valence electrons. The lowest BCUT2D eigenvalue weighted by Crippen LogP contribution is -2.48. The molecule has 1 aliphatic heterocycles. The molecule has 2 aromatic carbocycles. The molecule has 1 aliphatic rings. The van der Waals surface area contributed by atoms with Crippen LogP contribution in [0.5, 0.6) is 0 Å². The predicted molar refractivity (Wildman–Crippen MR) is 152 cm³/mol. The third-order valence-electron chi connectivity index (χ3n) is 6.64. The van der Waals surface area contributed by atoms with Crippen LogP contribution in [-0.4, -0.2) is 69.7 Å². The maximum absolute atomic E-state index is 15.2. The first-order valence-corrected chi connectivity index (χ1v) is 12.9. The topological polar surface area (TPSA) is 107 Å². The summed E-state index contributed by atoms with van der Waals surface area (Å²) < 4.78 is 30.3. The number of piperazine rings is 1. The summed E-state index contributed by atoms with van der Waals surface area (Å²) in [7, 11) is 0. The number of hydrogen-bond donors (Lipinski definition) is 3. The second-order valence-corrected chi connectivity index (χ2v) is 9.58. The number of aromatic nitrogens is 3. The number of benzene rings is 2. The van der Waals surface area contributed by atoms with E-state index in [1.807, 2.05) is 18.2 Å². The van der Waals surface area contributed by atoms with Crippen LogP contribution in [0.3, 0.4) is 0 Å². The van der Waals surface area contributed by atoms with E-state index < -0.39 is 17.7 Å². The number of β-amino-alcohol motifs (C(OH)–C–C–N with tert-alkyl or cyclic N) is 1. The molecule has 1 saturated heterocycles. The molecule has 0 radical (unpaired) electrons. The monoisotopic (exact) mass is 545 g/mol. The molecule has 2 aromatic heterocycles. The molecule has 11 heteroatoms. The lowest BCUT2D eigenvalue weighted by Gasteiger charge is -2.36. The summed E-state index contributed by atoms with van der Waals surface area (Å²) in [6.07, 6.45) is 3.90. The van der Waals surface area contributed by atoms with Crippen molar-refractivity contribution >= 4 is 39.8 Å². The Labute approximate surface area is 230 Å². The van der Waals surface area contributed by atoms with Crippen LogP contribution in [0, 0.1) is 11.6 Å². The van der Waals surface area contributed by atoms with Crippen molar-refractivity contribution in [3.8, 4) is 11.3 Å². The zero-order valence-corrected chi connectivity index (χ0v) is 21.9. The Bertz CT molecular complexity index is 1560. The van der Waals surface area contributed by atoms with Crippen molar-refractivity contribution in [3.05, 3.63) is 79.1 Å². The van der Waals surface area contributed by atoms with Crippen molar-refractivity contribution in [1.82, 2.24) is 19.9 Å². The number of amides is 1. The van der Waals surface area contributed by atoms with Gasteiger partial charge in [0.1, 0.15) is 0 Å². The zero-order valence-electron chi connectivity index (χ0n) is 21.9. The van der Waals surface area contributed by atoms with Gasteiger partial charge in [-0.1, -0.05) is 24.8 Å². The fourth-order valence-electron chi connectivity index (χ4n) is 4.72. The molecule has 1 fully saturated rings. The average Bonchev–Trinajstić information content (AvgIpc) is 2.95. The highest BCUT2D eigenvalue weighted by molar-refractivity contribution is 5.99. The van der Waals surface area contributed by atoms with Crippen molar-refractivity contribution in [1.29, 1.82) is 0 Å². The van der Waals surface area contributed by atoms with Crippen molar-refractivity contribution in [2.24, 2.45) is 0 Å². The molecule has 3 heterocycles. The van der Waals surface area contributed by atoms with Crippen LogP contribution < -0.4 is 15.5 Å². The molecule has 0 saturated carbocycles. The highest BCUT2D eigenvalue weighted by Gasteiger charge is 2.23. The molecule has 1 amide bonds. The van der Waals surface area contributed by atoms with Crippen molar-refractivity contribution in [3.63, 3.8) is 0 Å². The van der Waals surface area contributed by atoms with Crippen molar-refractivity contribution in [2.75, 3.05) is 48.3 Å². The minimum Gasteiger partial charge on any atom is -0.392 e. The van der Waals surface area contributed by atoms with Gasteiger partial charge in [-0.3, -0.25) is 14.7 Å². The molecule has 5 rings (SSSR count). The molecule has 0 spiro atoms. The third kappa shape index (κ3) is 5.90. The zero-order chi connectivity index (χ0) is 28.2. The van der Waals surface area contributed by atoms with Gasteiger partial charge in [-0.25, -0.2) is 18.7 Å². The molecule has 9 nitrogen and oxygen atoms in total. The van der Waals surface area contributed by atoms with Gasteiger partial charge in [-0.05, 0) is 37.3 Å². The smallest absolute Gasteiger partial charge is 0.247 e. The summed E-state index contributed by atoms with van der Waals surface area (Å²) in [4.78, 5) is 28.9. The molecule has 0 bridgehead atoms. The molecule has 3 N–H and O–H groups in total. The van der Waals surface area contributed by atoms with Gasteiger partial charge in [0, 0.05) is 61.8 Å². The fourth-order valence-corrected chi connectivity index (χ4v) is 4.72. The van der Waals surface area contributed by atoms with E-state index in [1.165, 1.54) is 12.1 Å². The van der Waals surface area contributed by atoms with Crippen molar-refractivity contribution in [2.45, 2.75) is 13.0 Å². The molecule has 1 unspecified atom stereocenters. The summed E-state index contributed by atoms with van der Waals surface area (Å²) in [6, 6.07) is 11.9. The molecular formula is C29H29F2N7O2. The van der Waals surface area contributed by atoms with E-state index in [0.29, 0.717) is 55.2 Å². The minimum atomic E-state index is -1.02. The second kappa shape index (κ2) is 11.7. The summed E-state index contributed by atoms with van der Waals surface area (Å²) >= 11 is 0. The van der Waals surface area contributed by atoms with E-state index >= 15 is 8.78 Å². The first kappa shape index (κ1) is 27.1. The SMILES string of the molecule is C=CC(=O)Nc1ccnc(-c2cccc3cnc(Nc4ccc(N5CCN(CC(C)O)CC5)c(F)c4F)nc23)c1. The Morgan fingerprint density at radius 1 is 1.12 bits per heavy atom. The number of fused-ring (bicyclic) bond motifs is 1. The second-order valence-electron chi connectivity index (χ2n) is 9.58. The molecule has 0 aliphatic carbocycles. The standard InChI is InChI=1S/C29H29F2N7O2/c1-3-25(40)34-20-9-10-32-23(15-20)21-6-4-5-19-16-33-29(36-28(19)21)35-22-7-8-24(27(31)26(22)30)38-13-11-37(12-14-38)17-18(2)39/h3-10,15-16,18,39H,1,11-14,17H2,2H3,(H,32,34,40)(H,33,35,36). The Balaban J connectivity index is 1.39. The minimum absolute atomic E-state index is 0.0851. The molecular weight excluding hydrogens is 516 g/mol. The number of pyridine rings is 1. The highest BCUT2D eigenvalue weighted by Crippen LogP contribution is 2.31. The van der Waals surface area contributed by atoms with Gasteiger partial charge in [0.2, 0.25) is 11.9 Å². The quantitative estimate of drug-likeness (QED) is 0.281. The lowest BCUT2D eigenvalue weighted by atomic mass is 10.1. The van der Waals surface area contributed by atoms with Gasteiger partial charge in [-0.2, -0.15) is 0 Å². The number of halogens is 2. The van der Waals surface area contributed by atoms with Gasteiger partial charge in [0.25, 0.3) is 0 Å². The number of aliphatic hydroxyl groups excluding tert-OH is 1. The van der Waals surface area contributed by atoms with E-state index in [0.717, 1.165) is 5.39 Å². The van der Waals surface area contributed by atoms with Crippen LogP contribution in [0.4, 0.5) is 31.8 Å². The number of aliphatic hydroxyl groups is 1. The maximum atomic E-state index is 15.2. The first-order chi connectivity index (χ1) is 19.3. The van der Waals surface area contributed by atoms with Crippen LogP contribution >= 0.6 is 0 Å². The van der Waals surface area contributed by atoms with E-state index in [2.05, 4.69) is 37.1 Å². The van der Waals surface area contributed by atoms with Crippen LogP contribution in [0.25, 0.3) is 22.2 Å². The summed E-state index contributed by atoms with van der Waals surface area (Å²) in [5.41, 5.74) is 2.43. The summed E-state index contributed by atoms with van der Waals surface area (Å²) in [6.45, 7) is 8.09. The molecule has 1 atom stereocenters. The van der Waals surface area contributed by atoms with Gasteiger partial charge in [0.05, 0.1) is 28.7 Å². The van der Waals surface area contributed by atoms with Crippen LogP contribution in [0.15, 0.2) is 67.5 Å². The van der Waals surface area contributed by atoms with E-state index in [1.54, 1.807) is 42.4 Å². The lowest BCUT2D eigenvalue weighted by molar-refractivity contribution is -0.111.